The van der Waals surface area contributed by atoms with Crippen LogP contribution in [-0.2, 0) is 11.3 Å². The lowest BCUT2D eigenvalue weighted by atomic mass is 9.72. The lowest BCUT2D eigenvalue weighted by Crippen LogP contribution is -2.19. The number of pyridine rings is 1. The van der Waals surface area contributed by atoms with Crippen molar-refractivity contribution < 1.29 is 18.4 Å². The third-order valence-electron chi connectivity index (χ3n) is 7.86. The monoisotopic (exact) mass is 658 g/mol. The summed E-state index contributed by atoms with van der Waals surface area (Å²) < 4.78 is 19.0. The minimum absolute atomic E-state index is 0. The molecule has 0 N–H and O–H groups in total. The van der Waals surface area contributed by atoms with Gasteiger partial charge < -0.3 is 18.1 Å². The van der Waals surface area contributed by atoms with Crippen LogP contribution < -0.4 is 15.7 Å². The van der Waals surface area contributed by atoms with Gasteiger partial charge in [0.25, 0.3) is 5.91 Å². The number of aryl methyl sites for hydroxylation is 1. The van der Waals surface area contributed by atoms with Crippen molar-refractivity contribution in [2.45, 2.75) is 59.9 Å². The smallest absolute Gasteiger partial charge is 0.336 e. The summed E-state index contributed by atoms with van der Waals surface area (Å²) in [4.78, 5) is 28.4. The Labute approximate surface area is 267 Å². The zero-order chi connectivity index (χ0) is 30.4. The first-order valence-electron chi connectivity index (χ1n) is 14.7. The molecule has 230 valence electrons. The van der Waals surface area contributed by atoms with E-state index in [1.54, 1.807) is 18.4 Å². The van der Waals surface area contributed by atoms with E-state index in [0.29, 0.717) is 41.8 Å². The number of hydrogen-bond donors (Lipinski definition) is 0. The molecule has 0 bridgehead atoms. The molecule has 3 heterocycles. The topological polar surface area (TPSA) is 86.9 Å². The normalized spacial score (nSPS) is 15.3. The molecule has 5 rings (SSSR count). The Balaban J connectivity index is 0.00000442. The summed E-state index contributed by atoms with van der Waals surface area (Å²) in [6.07, 6.45) is 19.2. The highest BCUT2D eigenvalue weighted by Gasteiger charge is 2.26. The van der Waals surface area contributed by atoms with E-state index in [-0.39, 0.29) is 28.3 Å². The number of rotatable bonds is 9. The molecule has 8 heteroatoms. The van der Waals surface area contributed by atoms with Gasteiger partial charge in [-0.15, -0.1) is 17.0 Å². The number of allylic oxidation sites excluding steroid dienone is 7. The number of fused-ring (bicyclic) bond motifs is 2. The first kappa shape index (κ1) is 32.7. The second-order valence-electron chi connectivity index (χ2n) is 11.7. The molecular weight excluding hydrogens is 620 g/mol. The van der Waals surface area contributed by atoms with Crippen LogP contribution in [0.15, 0.2) is 121 Å². The van der Waals surface area contributed by atoms with Crippen molar-refractivity contribution in [2.75, 3.05) is 6.61 Å². The molecule has 7 nitrogen and oxygen atoms in total. The van der Waals surface area contributed by atoms with Crippen molar-refractivity contribution in [1.82, 2.24) is 4.57 Å². The number of benzene rings is 1. The number of carbonyl (C=O) groups excluding carboxylic acids is 1. The van der Waals surface area contributed by atoms with Crippen LogP contribution in [0.25, 0.3) is 21.9 Å². The molecule has 0 fully saturated rings. The molecule has 1 aromatic carbocycles. The van der Waals surface area contributed by atoms with Crippen molar-refractivity contribution in [3.05, 3.63) is 118 Å². The highest BCUT2D eigenvalue weighted by Crippen LogP contribution is 2.41. The lowest BCUT2D eigenvalue weighted by molar-refractivity contribution is -0.113. The maximum Gasteiger partial charge on any atom is 0.336 e. The number of aromatic nitrogens is 1. The third kappa shape index (κ3) is 8.05. The predicted octanol–water partition coefficient (Wildman–Crippen LogP) is 8.40. The molecule has 0 saturated heterocycles. The second kappa shape index (κ2) is 14.5. The molecule has 1 aliphatic carbocycles. The molecule has 1 aliphatic rings. The van der Waals surface area contributed by atoms with Crippen molar-refractivity contribution in [3.63, 3.8) is 0 Å². The van der Waals surface area contributed by atoms with Gasteiger partial charge in [-0.25, -0.2) is 9.79 Å². The van der Waals surface area contributed by atoms with Crippen LogP contribution in [-0.4, -0.2) is 17.1 Å². The molecule has 0 spiro atoms. The van der Waals surface area contributed by atoms with Gasteiger partial charge in [-0.05, 0) is 80.9 Å². The molecule has 0 radical (unpaired) electrons. The van der Waals surface area contributed by atoms with Crippen molar-refractivity contribution >= 4 is 44.8 Å². The highest BCUT2D eigenvalue weighted by molar-refractivity contribution is 8.93. The van der Waals surface area contributed by atoms with E-state index in [1.165, 1.54) is 42.6 Å². The van der Waals surface area contributed by atoms with Crippen LogP contribution in [0.1, 0.15) is 53.4 Å². The largest absolute Gasteiger partial charge is 0.486 e. The van der Waals surface area contributed by atoms with Crippen molar-refractivity contribution in [2.24, 2.45) is 10.4 Å². The van der Waals surface area contributed by atoms with Crippen LogP contribution >= 0.6 is 17.0 Å². The average Bonchev–Trinajstić information content (AvgIpc) is 3.43. The molecule has 4 aromatic rings. The van der Waals surface area contributed by atoms with E-state index in [4.69, 9.17) is 13.6 Å². The van der Waals surface area contributed by atoms with Gasteiger partial charge in [-0.1, -0.05) is 49.3 Å². The number of nitrogens with zero attached hydrogens (tertiary/aromatic N) is 2. The maximum absolute atomic E-state index is 12.4. The fourth-order valence-corrected chi connectivity index (χ4v) is 5.56. The molecule has 44 heavy (non-hydrogen) atoms. The minimum atomic E-state index is -0.441. The molecule has 1 amide bonds. The number of halogens is 1. The summed E-state index contributed by atoms with van der Waals surface area (Å²) in [6, 6.07) is 10.5. The Morgan fingerprint density at radius 3 is 2.64 bits per heavy atom. The van der Waals surface area contributed by atoms with Crippen molar-refractivity contribution in [1.29, 1.82) is 0 Å². The van der Waals surface area contributed by atoms with Gasteiger partial charge in [-0.3, -0.25) is 4.79 Å². The summed E-state index contributed by atoms with van der Waals surface area (Å²) in [6.45, 7) is 9.97. The quantitative estimate of drug-likeness (QED) is 0.0780. The van der Waals surface area contributed by atoms with Gasteiger partial charge in [0.05, 0.1) is 18.2 Å². The molecule has 3 aromatic heterocycles. The molecule has 0 unspecified atom stereocenters. The average molecular weight is 660 g/mol. The third-order valence-corrected chi connectivity index (χ3v) is 7.86. The van der Waals surface area contributed by atoms with Crippen LogP contribution in [0, 0.1) is 5.41 Å². The van der Waals surface area contributed by atoms with Gasteiger partial charge in [0.2, 0.25) is 5.75 Å². The summed E-state index contributed by atoms with van der Waals surface area (Å²) in [5.74, 6) is 0.125. The summed E-state index contributed by atoms with van der Waals surface area (Å²) in [7, 11) is 0. The van der Waals surface area contributed by atoms with Gasteiger partial charge in [0.15, 0.2) is 11.2 Å². The predicted molar refractivity (Wildman–Crippen MR) is 180 cm³/mol. The number of carbonyl (C=O) groups is 1. The van der Waals surface area contributed by atoms with E-state index in [1.807, 2.05) is 54.2 Å². The van der Waals surface area contributed by atoms with Gasteiger partial charge in [0, 0.05) is 41.9 Å². The Bertz CT molecular complexity index is 1880. The first-order chi connectivity index (χ1) is 20.7. The Morgan fingerprint density at radius 1 is 1.09 bits per heavy atom. The molecular formula is C36H39BrN2O5. The van der Waals surface area contributed by atoms with Gasteiger partial charge in [-0.2, -0.15) is 0 Å². The lowest BCUT2D eigenvalue weighted by Gasteiger charge is -2.32. The van der Waals surface area contributed by atoms with E-state index < -0.39 is 5.63 Å². The maximum atomic E-state index is 12.4. The van der Waals surface area contributed by atoms with Crippen molar-refractivity contribution in [3.8, 4) is 5.75 Å². The van der Waals surface area contributed by atoms with Crippen LogP contribution in [0.2, 0.25) is 0 Å². The number of furan rings is 1. The van der Waals surface area contributed by atoms with E-state index in [2.05, 4.69) is 37.9 Å². The number of hydrogen-bond acceptors (Lipinski definition) is 5. The van der Waals surface area contributed by atoms with Gasteiger partial charge >= 0.3 is 5.63 Å². The van der Waals surface area contributed by atoms with E-state index in [0.717, 1.165) is 16.3 Å². The Hall–Kier alpha value is -4.17. The fourth-order valence-electron chi connectivity index (χ4n) is 5.56. The van der Waals surface area contributed by atoms with Crippen LogP contribution in [0.4, 0.5) is 0 Å². The SMILES string of the molecule is Br.CC1=C(/C=C/C(C)=C/C=C/C(=O)N=c2ccn(CCCOc3c4occc4cc4ccc(=O)oc34)cc2)C(C)(C)CCC1. The standard InChI is InChI=1S/C36H38N2O5.BrH/c1-25(11-13-30-26(2)9-6-18-36(30,3)4)8-5-10-31(39)37-29-15-20-38(21-16-29)19-7-22-41-35-33-28(17-23-42-33)24-27-12-14-32(40)43-34(27)35;/h5,8,10-17,20-21,23-24H,6-7,9,18-19,22H2,1-4H3;1H/b10-5+,13-11+,25-8+;. The highest BCUT2D eigenvalue weighted by atomic mass is 79.9. The summed E-state index contributed by atoms with van der Waals surface area (Å²) >= 11 is 0. The summed E-state index contributed by atoms with van der Waals surface area (Å²) in [5, 5.41) is 2.25. The number of amides is 1. The van der Waals surface area contributed by atoms with Crippen LogP contribution in [0.5, 0.6) is 5.75 Å². The zero-order valence-electron chi connectivity index (χ0n) is 25.7. The molecule has 0 saturated carbocycles. The summed E-state index contributed by atoms with van der Waals surface area (Å²) in [5.41, 5.74) is 4.67. The molecule has 0 aliphatic heterocycles. The molecule has 0 atom stereocenters. The Morgan fingerprint density at radius 2 is 1.86 bits per heavy atom. The zero-order valence-corrected chi connectivity index (χ0v) is 27.4. The first-order valence-corrected chi connectivity index (χ1v) is 14.7. The van der Waals surface area contributed by atoms with Crippen LogP contribution in [0.3, 0.4) is 0 Å². The van der Waals surface area contributed by atoms with E-state index >= 15 is 0 Å². The van der Waals surface area contributed by atoms with Gasteiger partial charge in [0.1, 0.15) is 0 Å². The minimum Gasteiger partial charge on any atom is -0.486 e. The second-order valence-corrected chi connectivity index (χ2v) is 11.7. The number of ether oxygens (including phenoxy) is 1. The van der Waals surface area contributed by atoms with E-state index in [9.17, 15) is 9.59 Å². The Kier molecular flexibility index (Phi) is 10.8. The fraction of sp³-hybridized carbons (Fsp3) is 0.306.